The maximum atomic E-state index is 10.8. The molecule has 9 heteroatoms. The molecule has 172 valence electrons. The van der Waals surface area contributed by atoms with Gasteiger partial charge in [-0.15, -0.1) is 0 Å². The summed E-state index contributed by atoms with van der Waals surface area (Å²) >= 11 is 0. The highest BCUT2D eigenvalue weighted by Gasteiger charge is 2.16. The van der Waals surface area contributed by atoms with E-state index in [9.17, 15) is 15.2 Å². The standard InChI is InChI=1S/C25H21N3O6/c1-32-23-10-5-17(11-24(23)33-2)21-13-26-15-27-25(21)20-9-8-19(12-22(20)29)34-14-16-3-6-18(7-4-16)28(30)31/h3-13,15,29H,14H2,1-2H3. The number of aromatic nitrogens is 2. The number of methoxy groups -OCH3 is 2. The third-order valence-corrected chi connectivity index (χ3v) is 5.18. The van der Waals surface area contributed by atoms with Crippen LogP contribution in [0.3, 0.4) is 0 Å². The normalized spacial score (nSPS) is 10.5. The molecule has 1 heterocycles. The molecular formula is C25H21N3O6. The summed E-state index contributed by atoms with van der Waals surface area (Å²) < 4.78 is 16.4. The Bertz CT molecular complexity index is 1320. The fraction of sp³-hybridized carbons (Fsp3) is 0.120. The van der Waals surface area contributed by atoms with Crippen molar-refractivity contribution in [1.82, 2.24) is 9.97 Å². The minimum Gasteiger partial charge on any atom is -0.507 e. The fourth-order valence-electron chi connectivity index (χ4n) is 3.44. The van der Waals surface area contributed by atoms with Crippen molar-refractivity contribution in [2.75, 3.05) is 14.2 Å². The first kappa shape index (κ1) is 22.5. The van der Waals surface area contributed by atoms with E-state index in [0.717, 1.165) is 11.1 Å². The van der Waals surface area contributed by atoms with E-state index in [0.29, 0.717) is 34.1 Å². The monoisotopic (exact) mass is 459 g/mol. The molecule has 0 aliphatic carbocycles. The van der Waals surface area contributed by atoms with Crippen LogP contribution < -0.4 is 14.2 Å². The van der Waals surface area contributed by atoms with E-state index in [1.54, 1.807) is 50.7 Å². The van der Waals surface area contributed by atoms with Gasteiger partial charge in [-0.3, -0.25) is 10.1 Å². The minimum atomic E-state index is -0.454. The summed E-state index contributed by atoms with van der Waals surface area (Å²) in [5, 5.41) is 21.5. The molecule has 0 atom stereocenters. The van der Waals surface area contributed by atoms with Gasteiger partial charge in [0.25, 0.3) is 5.69 Å². The molecule has 1 N–H and O–H groups in total. The van der Waals surface area contributed by atoms with Gasteiger partial charge in [-0.25, -0.2) is 9.97 Å². The van der Waals surface area contributed by atoms with Crippen LogP contribution in [-0.2, 0) is 6.61 Å². The fourth-order valence-corrected chi connectivity index (χ4v) is 3.44. The molecule has 4 aromatic rings. The molecule has 1 aromatic heterocycles. The van der Waals surface area contributed by atoms with Crippen LogP contribution in [0.4, 0.5) is 5.69 Å². The summed E-state index contributed by atoms with van der Waals surface area (Å²) in [7, 11) is 3.13. The zero-order valence-electron chi connectivity index (χ0n) is 18.5. The Kier molecular flexibility index (Phi) is 6.54. The van der Waals surface area contributed by atoms with Gasteiger partial charge in [0.2, 0.25) is 0 Å². The number of benzene rings is 3. The molecule has 0 aliphatic heterocycles. The van der Waals surface area contributed by atoms with Gasteiger partial charge in [0.05, 0.1) is 24.8 Å². The predicted octanol–water partition coefficient (Wildman–Crippen LogP) is 5.02. The van der Waals surface area contributed by atoms with Crippen LogP contribution in [0, 0.1) is 10.1 Å². The molecular weight excluding hydrogens is 438 g/mol. The van der Waals surface area contributed by atoms with Gasteiger partial charge in [0, 0.05) is 35.5 Å². The topological polar surface area (TPSA) is 117 Å². The lowest BCUT2D eigenvalue weighted by Crippen LogP contribution is -1.97. The summed E-state index contributed by atoms with van der Waals surface area (Å²) in [5.41, 5.74) is 3.34. The molecule has 4 rings (SSSR count). The second kappa shape index (κ2) is 9.86. The summed E-state index contributed by atoms with van der Waals surface area (Å²) in [4.78, 5) is 18.9. The van der Waals surface area contributed by atoms with Crippen molar-refractivity contribution in [1.29, 1.82) is 0 Å². The molecule has 0 fully saturated rings. The van der Waals surface area contributed by atoms with Crippen molar-refractivity contribution in [3.05, 3.63) is 88.9 Å². The molecule has 0 bridgehead atoms. The lowest BCUT2D eigenvalue weighted by Gasteiger charge is -2.13. The van der Waals surface area contributed by atoms with Crippen molar-refractivity contribution in [2.45, 2.75) is 6.61 Å². The number of aromatic hydroxyl groups is 1. The smallest absolute Gasteiger partial charge is 0.269 e. The van der Waals surface area contributed by atoms with Gasteiger partial charge in [-0.05, 0) is 47.5 Å². The first-order chi connectivity index (χ1) is 16.5. The summed E-state index contributed by atoms with van der Waals surface area (Å²) in [6.45, 7) is 0.196. The highest BCUT2D eigenvalue weighted by molar-refractivity contribution is 5.83. The number of rotatable bonds is 8. The van der Waals surface area contributed by atoms with Crippen LogP contribution >= 0.6 is 0 Å². The highest BCUT2D eigenvalue weighted by atomic mass is 16.6. The molecule has 3 aromatic carbocycles. The lowest BCUT2D eigenvalue weighted by molar-refractivity contribution is -0.384. The van der Waals surface area contributed by atoms with Gasteiger partial charge in [0.15, 0.2) is 11.5 Å². The Labute approximate surface area is 195 Å². The van der Waals surface area contributed by atoms with E-state index < -0.39 is 4.92 Å². The third kappa shape index (κ3) is 4.73. The minimum absolute atomic E-state index is 0.0124. The van der Waals surface area contributed by atoms with E-state index in [2.05, 4.69) is 9.97 Å². The Morgan fingerprint density at radius 1 is 0.941 bits per heavy atom. The summed E-state index contributed by atoms with van der Waals surface area (Å²) in [5.74, 6) is 1.60. The third-order valence-electron chi connectivity index (χ3n) is 5.18. The largest absolute Gasteiger partial charge is 0.507 e. The van der Waals surface area contributed by atoms with E-state index in [4.69, 9.17) is 14.2 Å². The quantitative estimate of drug-likeness (QED) is 0.288. The Morgan fingerprint density at radius 2 is 1.71 bits per heavy atom. The van der Waals surface area contributed by atoms with E-state index in [-0.39, 0.29) is 18.0 Å². The summed E-state index contributed by atoms with van der Waals surface area (Å²) in [6, 6.07) is 16.5. The van der Waals surface area contributed by atoms with E-state index >= 15 is 0 Å². The molecule has 0 amide bonds. The molecule has 0 spiro atoms. The molecule has 0 radical (unpaired) electrons. The van der Waals surface area contributed by atoms with Crippen molar-refractivity contribution in [3.63, 3.8) is 0 Å². The number of phenolic OH excluding ortho intramolecular Hbond substituents is 1. The highest BCUT2D eigenvalue weighted by Crippen LogP contribution is 2.39. The lowest BCUT2D eigenvalue weighted by atomic mass is 9.99. The van der Waals surface area contributed by atoms with Gasteiger partial charge in [-0.2, -0.15) is 0 Å². The number of nitro groups is 1. The first-order valence-electron chi connectivity index (χ1n) is 10.2. The molecule has 0 aliphatic rings. The number of nitro benzene ring substituents is 1. The van der Waals surface area contributed by atoms with Crippen LogP contribution in [0.25, 0.3) is 22.4 Å². The van der Waals surface area contributed by atoms with Gasteiger partial charge >= 0.3 is 0 Å². The Morgan fingerprint density at radius 3 is 2.38 bits per heavy atom. The number of nitrogens with zero attached hydrogens (tertiary/aromatic N) is 3. The first-order valence-corrected chi connectivity index (χ1v) is 10.2. The maximum Gasteiger partial charge on any atom is 0.269 e. The number of hydrogen-bond acceptors (Lipinski definition) is 8. The summed E-state index contributed by atoms with van der Waals surface area (Å²) in [6.07, 6.45) is 3.08. The second-order valence-electron chi connectivity index (χ2n) is 7.25. The molecule has 0 saturated heterocycles. The maximum absolute atomic E-state index is 10.8. The Hall–Kier alpha value is -4.66. The number of ether oxygens (including phenoxy) is 3. The van der Waals surface area contributed by atoms with E-state index in [1.807, 2.05) is 12.1 Å². The molecule has 0 saturated carbocycles. The van der Waals surface area contributed by atoms with Crippen molar-refractivity contribution in [2.24, 2.45) is 0 Å². The van der Waals surface area contributed by atoms with Gasteiger partial charge in [0.1, 0.15) is 24.4 Å². The SMILES string of the molecule is COc1ccc(-c2cncnc2-c2ccc(OCc3ccc([N+](=O)[O-])cc3)cc2O)cc1OC. The number of hydrogen-bond donors (Lipinski definition) is 1. The molecule has 9 nitrogen and oxygen atoms in total. The zero-order valence-corrected chi connectivity index (χ0v) is 18.5. The van der Waals surface area contributed by atoms with Crippen molar-refractivity contribution < 1.29 is 24.2 Å². The van der Waals surface area contributed by atoms with Crippen LogP contribution in [0.2, 0.25) is 0 Å². The van der Waals surface area contributed by atoms with Crippen LogP contribution in [-0.4, -0.2) is 34.2 Å². The van der Waals surface area contributed by atoms with Crippen molar-refractivity contribution >= 4 is 5.69 Å². The number of phenols is 1. The van der Waals surface area contributed by atoms with Crippen LogP contribution in [0.15, 0.2) is 73.2 Å². The average molecular weight is 459 g/mol. The van der Waals surface area contributed by atoms with Gasteiger partial charge < -0.3 is 19.3 Å². The average Bonchev–Trinajstić information content (AvgIpc) is 2.87. The second-order valence-corrected chi connectivity index (χ2v) is 7.25. The molecule has 34 heavy (non-hydrogen) atoms. The number of non-ortho nitro benzene ring substituents is 1. The predicted molar refractivity (Wildman–Crippen MR) is 125 cm³/mol. The molecule has 0 unspecified atom stereocenters. The van der Waals surface area contributed by atoms with Crippen LogP contribution in [0.1, 0.15) is 5.56 Å². The van der Waals surface area contributed by atoms with E-state index in [1.165, 1.54) is 24.5 Å². The van der Waals surface area contributed by atoms with Crippen molar-refractivity contribution in [3.8, 4) is 45.4 Å². The van der Waals surface area contributed by atoms with Gasteiger partial charge in [-0.1, -0.05) is 6.07 Å². The Balaban J connectivity index is 1.58. The zero-order chi connectivity index (χ0) is 24.1. The van der Waals surface area contributed by atoms with Crippen LogP contribution in [0.5, 0.6) is 23.0 Å².